The summed E-state index contributed by atoms with van der Waals surface area (Å²) in [7, 11) is 0. The molecule has 0 aliphatic carbocycles. The fourth-order valence-corrected chi connectivity index (χ4v) is 4.62. The van der Waals surface area contributed by atoms with E-state index in [1.807, 2.05) is 0 Å². The number of rotatable bonds is 10. The molecule has 14 nitrogen and oxygen atoms in total. The van der Waals surface area contributed by atoms with Gasteiger partial charge in [0.2, 0.25) is 12.2 Å². The summed E-state index contributed by atoms with van der Waals surface area (Å²) in [5, 5.41) is 18.5. The molecule has 0 radical (unpaired) electrons. The number of fused-ring (bicyclic) bond motifs is 1. The number of carbonyl (C=O) groups is 6. The van der Waals surface area contributed by atoms with Gasteiger partial charge in [-0.3, -0.25) is 9.59 Å². The Morgan fingerprint density at radius 2 is 1.23 bits per heavy atom. The highest BCUT2D eigenvalue weighted by molar-refractivity contribution is 6.01. The number of halogens is 6. The lowest BCUT2D eigenvalue weighted by molar-refractivity contribution is -0.166. The van der Waals surface area contributed by atoms with Crippen LogP contribution in [0.3, 0.4) is 0 Å². The Hall–Kier alpha value is -6.47. The highest BCUT2D eigenvalue weighted by Crippen LogP contribution is 2.41. The van der Waals surface area contributed by atoms with Gasteiger partial charge in [-0.25, -0.2) is 19.2 Å². The third-order valence-corrected chi connectivity index (χ3v) is 6.83. The summed E-state index contributed by atoms with van der Waals surface area (Å²) in [6, 6.07) is 15.2. The van der Waals surface area contributed by atoms with Gasteiger partial charge in [0.1, 0.15) is 6.54 Å². The van der Waals surface area contributed by atoms with Gasteiger partial charge < -0.3 is 36.1 Å². The van der Waals surface area contributed by atoms with Gasteiger partial charge in [-0.05, 0) is 48.0 Å². The van der Waals surface area contributed by atoms with Crippen molar-refractivity contribution in [3.05, 3.63) is 107 Å². The highest BCUT2D eigenvalue weighted by atomic mass is 19.4. The average molecular weight is 741 g/mol. The predicted octanol–water partition coefficient (Wildman–Crippen LogP) is 3.56. The number of amides is 2. The quantitative estimate of drug-likeness (QED) is 0.101. The molecular formula is C32H26F6N4O10. The van der Waals surface area contributed by atoms with Crippen LogP contribution in [0.25, 0.3) is 0 Å². The summed E-state index contributed by atoms with van der Waals surface area (Å²) in [4.78, 5) is 74.2. The van der Waals surface area contributed by atoms with Gasteiger partial charge in [-0.2, -0.15) is 31.3 Å². The van der Waals surface area contributed by atoms with Crippen molar-refractivity contribution in [2.75, 3.05) is 6.54 Å². The Morgan fingerprint density at radius 1 is 0.769 bits per heavy atom. The van der Waals surface area contributed by atoms with Crippen molar-refractivity contribution in [1.29, 1.82) is 0 Å². The van der Waals surface area contributed by atoms with Crippen molar-refractivity contribution in [3.8, 4) is 0 Å². The molecule has 0 saturated heterocycles. The molecule has 276 valence electrons. The summed E-state index contributed by atoms with van der Waals surface area (Å²) < 4.78 is 86.5. The van der Waals surface area contributed by atoms with Crippen molar-refractivity contribution in [2.45, 2.75) is 37.0 Å². The highest BCUT2D eigenvalue weighted by Gasteiger charge is 2.45. The molecule has 52 heavy (non-hydrogen) atoms. The maximum atomic E-state index is 12.9. The third kappa shape index (κ3) is 10.8. The number of ether oxygens (including phenoxy) is 2. The minimum absolute atomic E-state index is 0.0253. The van der Waals surface area contributed by atoms with Crippen LogP contribution in [0.4, 0.5) is 26.3 Å². The molecule has 0 aromatic heterocycles. The number of aliphatic carboxylic acids is 2. The fourth-order valence-electron chi connectivity index (χ4n) is 4.62. The first-order valence-corrected chi connectivity index (χ1v) is 14.4. The minimum atomic E-state index is -4.82. The van der Waals surface area contributed by atoms with Crippen molar-refractivity contribution in [2.24, 2.45) is 16.5 Å². The van der Waals surface area contributed by atoms with Crippen molar-refractivity contribution >= 4 is 41.7 Å². The molecule has 0 bridgehead atoms. The molecule has 3 atom stereocenters. The molecule has 1 aliphatic heterocycles. The summed E-state index contributed by atoms with van der Waals surface area (Å²) in [5.74, 6) is -8.50. The van der Waals surface area contributed by atoms with Crippen LogP contribution in [0.1, 0.15) is 54.7 Å². The number of carboxylic acid groups (broad SMARTS) is 2. The summed E-state index contributed by atoms with van der Waals surface area (Å²) in [6.45, 7) is -1.73. The standard InChI is InChI=1S/C18H14O8.C14H12F6N4O2/c19-15(20)13(25-17(23)11-7-3-1-4-8-11)14(16(21)22)26-18(24)12-9-5-2-6-10-12;15-13(16,17)5-24-9(4-10(25)23-12(21)22)8-3-6(14(18,19)20)1-2-7(8)11(24)26/h1-10,13-14H,(H,19,20)(H,21,22);1-3,9H,4-5H2,(H4,21,22,23,25)/t13-,14-;9-/m10/s1. The number of hydrogen-bond donors (Lipinski definition) is 4. The SMILES string of the molecule is NC(N)=NC(=O)C[C@H]1c2cc(C(F)(F)F)ccc2C(=O)N1CC(F)(F)F.O=C(O[C@@H](C(=O)O)[C@@H](OC(=O)c1ccccc1)C(=O)O)c1ccccc1. The number of esters is 2. The van der Waals surface area contributed by atoms with E-state index < -0.39 is 90.8 Å². The van der Waals surface area contributed by atoms with Crippen molar-refractivity contribution in [1.82, 2.24) is 4.90 Å². The Kier molecular flexibility index (Phi) is 12.7. The van der Waals surface area contributed by atoms with E-state index in [9.17, 15) is 65.3 Å². The maximum Gasteiger partial charge on any atom is 0.416 e. The topological polar surface area (TPSA) is 229 Å². The smallest absolute Gasteiger partial charge is 0.416 e. The summed E-state index contributed by atoms with van der Waals surface area (Å²) >= 11 is 0. The van der Waals surface area contributed by atoms with Crippen molar-refractivity contribution < 1.29 is 74.8 Å². The van der Waals surface area contributed by atoms with Crippen LogP contribution >= 0.6 is 0 Å². The van der Waals surface area contributed by atoms with E-state index >= 15 is 0 Å². The Balaban J connectivity index is 0.000000280. The van der Waals surface area contributed by atoms with E-state index in [-0.39, 0.29) is 27.2 Å². The number of alkyl halides is 6. The van der Waals surface area contributed by atoms with E-state index in [0.717, 1.165) is 6.07 Å². The first-order chi connectivity index (χ1) is 24.2. The molecule has 0 saturated carbocycles. The molecule has 3 aromatic rings. The first-order valence-electron chi connectivity index (χ1n) is 14.4. The van der Waals surface area contributed by atoms with Crippen molar-refractivity contribution in [3.63, 3.8) is 0 Å². The molecule has 0 spiro atoms. The van der Waals surface area contributed by atoms with Crippen LogP contribution in [-0.2, 0) is 30.0 Å². The molecular weight excluding hydrogens is 714 g/mol. The minimum Gasteiger partial charge on any atom is -0.478 e. The number of nitrogens with zero attached hydrogens (tertiary/aromatic N) is 2. The number of benzene rings is 3. The third-order valence-electron chi connectivity index (χ3n) is 6.83. The Bertz CT molecular complexity index is 1780. The van der Waals surface area contributed by atoms with Gasteiger partial charge in [0, 0.05) is 5.56 Å². The predicted molar refractivity (Wildman–Crippen MR) is 163 cm³/mol. The summed E-state index contributed by atoms with van der Waals surface area (Å²) in [5.41, 5.74) is 8.22. The molecule has 6 N–H and O–H groups in total. The van der Waals surface area contributed by atoms with Crippen LogP contribution in [0.15, 0.2) is 83.9 Å². The second kappa shape index (κ2) is 16.5. The van der Waals surface area contributed by atoms with Crippen LogP contribution in [0.5, 0.6) is 0 Å². The molecule has 1 heterocycles. The van der Waals surface area contributed by atoms with Gasteiger partial charge >= 0.3 is 36.2 Å². The zero-order chi connectivity index (χ0) is 39.0. The monoisotopic (exact) mass is 740 g/mol. The lowest BCUT2D eigenvalue weighted by Gasteiger charge is -2.25. The zero-order valence-corrected chi connectivity index (χ0v) is 26.1. The van der Waals surface area contributed by atoms with E-state index in [2.05, 4.69) is 4.99 Å². The largest absolute Gasteiger partial charge is 0.478 e. The lowest BCUT2D eigenvalue weighted by atomic mass is 9.99. The molecule has 20 heteroatoms. The number of carboxylic acids is 2. The van der Waals surface area contributed by atoms with Crippen LogP contribution < -0.4 is 11.5 Å². The zero-order valence-electron chi connectivity index (χ0n) is 26.1. The maximum absolute atomic E-state index is 12.9. The lowest BCUT2D eigenvalue weighted by Crippen LogP contribution is -2.45. The normalized spacial score (nSPS) is 14.8. The Morgan fingerprint density at radius 3 is 1.62 bits per heavy atom. The van der Waals surface area contributed by atoms with Gasteiger partial charge in [0.25, 0.3) is 11.8 Å². The molecule has 0 fully saturated rings. The molecule has 2 amide bonds. The van der Waals surface area contributed by atoms with Crippen LogP contribution in [0.2, 0.25) is 0 Å². The number of nitrogens with two attached hydrogens (primary N) is 2. The fraction of sp³-hybridized carbons (Fsp3) is 0.219. The molecule has 3 aromatic carbocycles. The summed E-state index contributed by atoms with van der Waals surface area (Å²) in [6.07, 6.45) is -14.8. The van der Waals surface area contributed by atoms with Gasteiger partial charge in [0.15, 0.2) is 5.96 Å². The van der Waals surface area contributed by atoms with Crippen LogP contribution in [-0.4, -0.2) is 81.7 Å². The Labute approximate surface area is 288 Å². The molecule has 4 rings (SSSR count). The van der Waals surface area contributed by atoms with E-state index in [1.54, 1.807) is 12.1 Å². The van der Waals surface area contributed by atoms with Gasteiger partial charge in [-0.1, -0.05) is 36.4 Å². The van der Waals surface area contributed by atoms with E-state index in [1.165, 1.54) is 48.5 Å². The number of guanidine groups is 1. The number of carbonyl (C=O) groups excluding carboxylic acids is 4. The van der Waals surface area contributed by atoms with Gasteiger partial charge in [0.05, 0.1) is 29.2 Å². The molecule has 1 aliphatic rings. The molecule has 0 unspecified atom stereocenters. The van der Waals surface area contributed by atoms with E-state index in [4.69, 9.17) is 20.9 Å². The second-order valence-corrected chi connectivity index (χ2v) is 10.6. The van der Waals surface area contributed by atoms with E-state index in [0.29, 0.717) is 12.1 Å². The van der Waals surface area contributed by atoms with Gasteiger partial charge in [-0.15, -0.1) is 0 Å². The number of hydrogen-bond acceptors (Lipinski definition) is 8. The van der Waals surface area contributed by atoms with Crippen LogP contribution in [0, 0.1) is 0 Å². The number of aliphatic imine (C=N–C) groups is 1. The second-order valence-electron chi connectivity index (χ2n) is 10.6. The average Bonchev–Trinajstić information content (AvgIpc) is 3.30. The first kappa shape index (κ1) is 40.0.